The molecule has 6 N–H and O–H groups in total. The van der Waals surface area contributed by atoms with Gasteiger partial charge in [0, 0.05) is 50.2 Å². The monoisotopic (exact) mass is 348 g/mol. The van der Waals surface area contributed by atoms with E-state index in [0.29, 0.717) is 17.8 Å². The van der Waals surface area contributed by atoms with E-state index in [2.05, 4.69) is 27.9 Å². The molecule has 2 rings (SSSR count). The van der Waals surface area contributed by atoms with Crippen LogP contribution in [0.2, 0.25) is 0 Å². The molecule has 0 spiro atoms. The smallest absolute Gasteiger partial charge is 0.129 e. The Hall–Kier alpha value is -1.96. The van der Waals surface area contributed by atoms with E-state index in [0.717, 1.165) is 30.8 Å². The van der Waals surface area contributed by atoms with E-state index in [-0.39, 0.29) is 17.9 Å². The van der Waals surface area contributed by atoms with Crippen LogP contribution in [-0.4, -0.2) is 58.1 Å². The lowest BCUT2D eigenvalue weighted by Crippen LogP contribution is -2.42. The molecule has 1 aromatic rings. The Morgan fingerprint density at radius 2 is 2.16 bits per heavy atom. The molecule has 7 heteroatoms. The molecule has 0 amide bonds. The molecule has 1 heterocycles. The van der Waals surface area contributed by atoms with Gasteiger partial charge in [0.1, 0.15) is 5.82 Å². The van der Waals surface area contributed by atoms with E-state index in [4.69, 9.17) is 11.1 Å². The molecule has 0 aliphatic carbocycles. The van der Waals surface area contributed by atoms with Gasteiger partial charge in [-0.1, -0.05) is 6.07 Å². The Bertz CT molecular complexity index is 630. The second kappa shape index (κ2) is 8.94. The third kappa shape index (κ3) is 4.78. The summed E-state index contributed by atoms with van der Waals surface area (Å²) >= 11 is 0. The molecular formula is C18H29FN6. The Morgan fingerprint density at radius 3 is 2.76 bits per heavy atom. The van der Waals surface area contributed by atoms with Crippen LogP contribution in [-0.2, 0) is 0 Å². The molecule has 2 atom stereocenters. The molecule has 138 valence electrons. The van der Waals surface area contributed by atoms with Crippen LogP contribution in [0.25, 0.3) is 0 Å². The summed E-state index contributed by atoms with van der Waals surface area (Å²) in [6.45, 7) is 2.30. The van der Waals surface area contributed by atoms with E-state index in [1.54, 1.807) is 13.1 Å². The number of rotatable bonds is 8. The highest BCUT2D eigenvalue weighted by atomic mass is 19.1. The zero-order valence-corrected chi connectivity index (χ0v) is 15.2. The summed E-state index contributed by atoms with van der Waals surface area (Å²) < 4.78 is 14.5. The highest BCUT2D eigenvalue weighted by molar-refractivity contribution is 5.66. The molecule has 6 nitrogen and oxygen atoms in total. The number of nitrogens with one attached hydrogen (secondary N) is 4. The Kier molecular flexibility index (Phi) is 6.92. The highest BCUT2D eigenvalue weighted by Crippen LogP contribution is 2.23. The standard InChI is InChI=1S/C18H29FN6/c1-22-10-12(9-20)14-5-4-13(8-16(14)19)24-18(21)15-11-25(3)7-6-17(15)23-2/h4-5,8-9,12,18,20,22-24H,6-7,10-11,21H2,1-3H3. The van der Waals surface area contributed by atoms with Gasteiger partial charge in [-0.05, 0) is 43.8 Å². The minimum Gasteiger partial charge on any atom is -0.391 e. The van der Waals surface area contributed by atoms with Crippen molar-refractivity contribution < 1.29 is 4.39 Å². The molecule has 0 bridgehead atoms. The fourth-order valence-corrected chi connectivity index (χ4v) is 3.16. The highest BCUT2D eigenvalue weighted by Gasteiger charge is 2.21. The molecule has 1 aromatic carbocycles. The second-order valence-corrected chi connectivity index (χ2v) is 6.43. The van der Waals surface area contributed by atoms with Crippen molar-refractivity contribution in [2.24, 2.45) is 5.73 Å². The Balaban J connectivity index is 2.16. The fraction of sp³-hybridized carbons (Fsp3) is 0.500. The maximum absolute atomic E-state index is 14.5. The van der Waals surface area contributed by atoms with Gasteiger partial charge in [0.2, 0.25) is 0 Å². The van der Waals surface area contributed by atoms with Crippen molar-refractivity contribution in [1.82, 2.24) is 15.5 Å². The molecule has 0 saturated carbocycles. The quantitative estimate of drug-likeness (QED) is 0.361. The predicted molar refractivity (Wildman–Crippen MR) is 102 cm³/mol. The van der Waals surface area contributed by atoms with Crippen molar-refractivity contribution in [3.05, 3.63) is 40.8 Å². The number of anilines is 1. The molecule has 0 fully saturated rings. The third-order valence-corrected chi connectivity index (χ3v) is 4.60. The van der Waals surface area contributed by atoms with Gasteiger partial charge in [-0.3, -0.25) is 0 Å². The minimum absolute atomic E-state index is 0.279. The average Bonchev–Trinajstić information content (AvgIpc) is 2.60. The largest absolute Gasteiger partial charge is 0.391 e. The fourth-order valence-electron chi connectivity index (χ4n) is 3.16. The van der Waals surface area contributed by atoms with Gasteiger partial charge in [-0.15, -0.1) is 0 Å². The molecule has 1 aliphatic rings. The van der Waals surface area contributed by atoms with Crippen LogP contribution >= 0.6 is 0 Å². The number of hydrogen-bond acceptors (Lipinski definition) is 6. The second-order valence-electron chi connectivity index (χ2n) is 6.43. The number of nitrogens with zero attached hydrogens (tertiary/aromatic N) is 1. The summed E-state index contributed by atoms with van der Waals surface area (Å²) in [6.07, 6.45) is 1.80. The summed E-state index contributed by atoms with van der Waals surface area (Å²) in [6, 6.07) is 4.99. The number of likely N-dealkylation sites (N-methyl/N-ethyl adjacent to an activating group) is 2. The van der Waals surface area contributed by atoms with E-state index in [1.165, 1.54) is 12.3 Å². The molecule has 25 heavy (non-hydrogen) atoms. The molecule has 2 unspecified atom stereocenters. The third-order valence-electron chi connectivity index (χ3n) is 4.60. The van der Waals surface area contributed by atoms with Gasteiger partial charge in [-0.25, -0.2) is 4.39 Å². The van der Waals surface area contributed by atoms with E-state index in [9.17, 15) is 4.39 Å². The summed E-state index contributed by atoms with van der Waals surface area (Å²) in [4.78, 5) is 2.22. The molecule has 0 aromatic heterocycles. The average molecular weight is 348 g/mol. The van der Waals surface area contributed by atoms with Crippen LogP contribution in [0.15, 0.2) is 29.5 Å². The van der Waals surface area contributed by atoms with Crippen molar-refractivity contribution in [1.29, 1.82) is 5.41 Å². The van der Waals surface area contributed by atoms with E-state index in [1.807, 2.05) is 13.1 Å². The van der Waals surface area contributed by atoms with Crippen LogP contribution in [0.1, 0.15) is 17.9 Å². The van der Waals surface area contributed by atoms with E-state index < -0.39 is 0 Å². The van der Waals surface area contributed by atoms with Crippen LogP contribution in [0.5, 0.6) is 0 Å². The predicted octanol–water partition coefficient (Wildman–Crippen LogP) is 1.28. The lowest BCUT2D eigenvalue weighted by atomic mass is 9.99. The normalized spacial score (nSPS) is 18.0. The molecular weight excluding hydrogens is 319 g/mol. The van der Waals surface area contributed by atoms with Crippen LogP contribution in [0.3, 0.4) is 0 Å². The number of halogens is 1. The summed E-state index contributed by atoms with van der Waals surface area (Å²) in [7, 11) is 5.76. The van der Waals surface area contributed by atoms with Crippen molar-refractivity contribution in [3.63, 3.8) is 0 Å². The maximum Gasteiger partial charge on any atom is 0.129 e. The first-order valence-electron chi connectivity index (χ1n) is 8.55. The maximum atomic E-state index is 14.5. The summed E-state index contributed by atoms with van der Waals surface area (Å²) in [5, 5.41) is 16.9. The summed E-state index contributed by atoms with van der Waals surface area (Å²) in [5.41, 5.74) is 9.71. The topological polar surface area (TPSA) is 89.2 Å². The first kappa shape index (κ1) is 19.4. The van der Waals surface area contributed by atoms with Gasteiger partial charge < -0.3 is 32.0 Å². The number of benzene rings is 1. The zero-order valence-electron chi connectivity index (χ0n) is 15.2. The Labute approximate surface area is 149 Å². The number of nitrogens with two attached hydrogens (primary N) is 1. The molecule has 0 radical (unpaired) electrons. The van der Waals surface area contributed by atoms with Crippen molar-refractivity contribution in [2.75, 3.05) is 46.1 Å². The lowest BCUT2D eigenvalue weighted by molar-refractivity contribution is 0.335. The summed E-state index contributed by atoms with van der Waals surface area (Å²) in [5.74, 6) is -0.608. The van der Waals surface area contributed by atoms with Crippen LogP contribution in [0, 0.1) is 11.2 Å². The van der Waals surface area contributed by atoms with Crippen LogP contribution in [0.4, 0.5) is 10.1 Å². The van der Waals surface area contributed by atoms with Gasteiger partial charge in [0.15, 0.2) is 0 Å². The van der Waals surface area contributed by atoms with Gasteiger partial charge >= 0.3 is 0 Å². The molecule has 1 aliphatic heterocycles. The lowest BCUT2D eigenvalue weighted by Gasteiger charge is -2.31. The van der Waals surface area contributed by atoms with Crippen molar-refractivity contribution in [2.45, 2.75) is 18.5 Å². The zero-order chi connectivity index (χ0) is 18.4. The van der Waals surface area contributed by atoms with Gasteiger partial charge in [0.05, 0.1) is 6.17 Å². The first-order valence-corrected chi connectivity index (χ1v) is 8.55. The van der Waals surface area contributed by atoms with Gasteiger partial charge in [0.25, 0.3) is 0 Å². The van der Waals surface area contributed by atoms with Gasteiger partial charge in [-0.2, -0.15) is 0 Å². The first-order chi connectivity index (χ1) is 12.0. The Morgan fingerprint density at radius 1 is 1.40 bits per heavy atom. The van der Waals surface area contributed by atoms with E-state index >= 15 is 0 Å². The SMILES string of the molecule is CNCC(C=N)c1ccc(NC(N)C2=C(NC)CCN(C)C2)cc1F. The number of hydrogen-bond donors (Lipinski definition) is 5. The molecule has 0 saturated heterocycles. The van der Waals surface area contributed by atoms with Crippen molar-refractivity contribution in [3.8, 4) is 0 Å². The van der Waals surface area contributed by atoms with Crippen molar-refractivity contribution >= 4 is 11.9 Å². The van der Waals surface area contributed by atoms with Crippen LogP contribution < -0.4 is 21.7 Å². The minimum atomic E-state index is -0.383.